The van der Waals surface area contributed by atoms with Crippen molar-refractivity contribution in [1.82, 2.24) is 15.5 Å². The summed E-state index contributed by atoms with van der Waals surface area (Å²) >= 11 is 0. The molecule has 0 aliphatic heterocycles. The van der Waals surface area contributed by atoms with Gasteiger partial charge in [0.25, 0.3) is 5.91 Å². The molecule has 0 spiro atoms. The number of nitrogens with zero attached hydrogens (tertiary/aromatic N) is 1. The molecule has 3 amide bonds. The third kappa shape index (κ3) is 9.09. The predicted molar refractivity (Wildman–Crippen MR) is 135 cm³/mol. The number of carbonyl (C=O) groups is 3. The number of terminal acetylenes is 1. The highest BCUT2D eigenvalue weighted by molar-refractivity contribution is 5.93. The minimum absolute atomic E-state index is 0.0847. The van der Waals surface area contributed by atoms with Crippen LogP contribution >= 0.6 is 0 Å². The van der Waals surface area contributed by atoms with Crippen LogP contribution in [0.5, 0.6) is 0 Å². The lowest BCUT2D eigenvalue weighted by atomic mass is 9.96. The second-order valence-corrected chi connectivity index (χ2v) is 10.1. The molecule has 2 unspecified atom stereocenters. The van der Waals surface area contributed by atoms with E-state index >= 15 is 0 Å². The first-order valence-corrected chi connectivity index (χ1v) is 11.9. The fourth-order valence-corrected chi connectivity index (χ4v) is 3.59. The Labute approximate surface area is 205 Å². The van der Waals surface area contributed by atoms with Gasteiger partial charge in [0.05, 0.1) is 0 Å². The summed E-state index contributed by atoms with van der Waals surface area (Å²) in [7, 11) is 0. The summed E-state index contributed by atoms with van der Waals surface area (Å²) in [5.74, 6) is -0.800. The molecule has 0 aliphatic carbocycles. The molecule has 188 valence electrons. The normalized spacial score (nSPS) is 12.9. The van der Waals surface area contributed by atoms with Crippen molar-refractivity contribution < 1.29 is 19.1 Å². The Bertz CT molecular complexity index is 896. The van der Waals surface area contributed by atoms with Crippen LogP contribution in [0.2, 0.25) is 0 Å². The first kappa shape index (κ1) is 29.0. The maximum atomic E-state index is 13.7. The molecule has 7 nitrogen and oxygen atoms in total. The highest BCUT2D eigenvalue weighted by Crippen LogP contribution is 2.26. The van der Waals surface area contributed by atoms with Crippen LogP contribution in [0.25, 0.3) is 0 Å². The first-order chi connectivity index (χ1) is 15.8. The molecule has 0 heterocycles. The van der Waals surface area contributed by atoms with Crippen LogP contribution in [0.3, 0.4) is 0 Å². The predicted octanol–water partition coefficient (Wildman–Crippen LogP) is 4.62. The van der Waals surface area contributed by atoms with Crippen molar-refractivity contribution in [1.29, 1.82) is 0 Å². The number of hydrogen-bond donors (Lipinski definition) is 2. The average Bonchev–Trinajstić information content (AvgIpc) is 2.70. The maximum Gasteiger partial charge on any atom is 0.408 e. The van der Waals surface area contributed by atoms with Gasteiger partial charge in [-0.2, -0.15) is 0 Å². The van der Waals surface area contributed by atoms with Gasteiger partial charge in [0.15, 0.2) is 0 Å². The molecule has 34 heavy (non-hydrogen) atoms. The molecule has 0 bridgehead atoms. The van der Waals surface area contributed by atoms with Crippen molar-refractivity contribution in [2.45, 2.75) is 92.3 Å². The Morgan fingerprint density at radius 2 is 1.82 bits per heavy atom. The molecule has 2 N–H and O–H groups in total. The molecule has 7 heteroatoms. The molecule has 0 aromatic heterocycles. The monoisotopic (exact) mass is 471 g/mol. The molecule has 1 rings (SSSR count). The van der Waals surface area contributed by atoms with Crippen molar-refractivity contribution in [2.24, 2.45) is 5.92 Å². The standard InChI is InChI=1S/C27H41N3O4/c1-10-12-15-28-24(31)23(21-14-13-19(5)17-20(21)6)30(11-2)25(32)22(16-18(3)4)29-26(33)34-27(7,8)9/h2,13-14,17-18,22-23H,10,12,15-16H2,1,3-9H3,(H,28,31)(H,29,33). The molecule has 0 fully saturated rings. The SMILES string of the molecule is C#CN(C(=O)C(CC(C)C)NC(=O)OC(C)(C)C)C(C(=O)NCCCC)c1ccc(C)cc1C. The van der Waals surface area contributed by atoms with Gasteiger partial charge in [0.1, 0.15) is 17.7 Å². The Hall–Kier alpha value is -3.01. The number of aryl methyl sites for hydroxylation is 2. The van der Waals surface area contributed by atoms with Crippen LogP contribution in [0, 0.1) is 32.2 Å². The topological polar surface area (TPSA) is 87.7 Å². The minimum atomic E-state index is -1.02. The summed E-state index contributed by atoms with van der Waals surface area (Å²) in [4.78, 5) is 40.5. The molecule has 0 saturated carbocycles. The van der Waals surface area contributed by atoms with Gasteiger partial charge in [-0.1, -0.05) is 57.4 Å². The lowest BCUT2D eigenvalue weighted by molar-refractivity contribution is -0.138. The lowest BCUT2D eigenvalue weighted by Crippen LogP contribution is -2.52. The van der Waals surface area contributed by atoms with E-state index in [9.17, 15) is 14.4 Å². The number of unbranched alkanes of at least 4 members (excludes halogenated alkanes) is 1. The molecule has 0 aliphatic rings. The highest BCUT2D eigenvalue weighted by atomic mass is 16.6. The van der Waals surface area contributed by atoms with Crippen LogP contribution < -0.4 is 10.6 Å². The zero-order chi connectivity index (χ0) is 26.1. The number of hydrogen-bond acceptors (Lipinski definition) is 4. The lowest BCUT2D eigenvalue weighted by Gasteiger charge is -2.31. The van der Waals surface area contributed by atoms with Crippen molar-refractivity contribution in [3.8, 4) is 12.5 Å². The Balaban J connectivity index is 3.39. The van der Waals surface area contributed by atoms with Gasteiger partial charge in [-0.05, 0) is 64.5 Å². The van der Waals surface area contributed by atoms with Gasteiger partial charge in [-0.3, -0.25) is 14.5 Å². The van der Waals surface area contributed by atoms with Gasteiger partial charge in [-0.25, -0.2) is 4.79 Å². The van der Waals surface area contributed by atoms with Gasteiger partial charge in [-0.15, -0.1) is 0 Å². The minimum Gasteiger partial charge on any atom is -0.444 e. The summed E-state index contributed by atoms with van der Waals surface area (Å²) < 4.78 is 5.35. The smallest absolute Gasteiger partial charge is 0.408 e. The summed E-state index contributed by atoms with van der Waals surface area (Å²) in [6, 6.07) is 6.12. The Morgan fingerprint density at radius 3 is 2.32 bits per heavy atom. The molecule has 1 aromatic rings. The number of benzene rings is 1. The average molecular weight is 472 g/mol. The molecular weight excluding hydrogens is 430 g/mol. The maximum absolute atomic E-state index is 13.7. The van der Waals surface area contributed by atoms with Crippen LogP contribution in [-0.4, -0.2) is 41.0 Å². The summed E-state index contributed by atoms with van der Waals surface area (Å²) in [5.41, 5.74) is 1.81. The van der Waals surface area contributed by atoms with E-state index in [2.05, 4.69) is 16.7 Å². The van der Waals surface area contributed by atoms with Crippen molar-refractivity contribution >= 4 is 17.9 Å². The number of rotatable bonds is 10. The van der Waals surface area contributed by atoms with E-state index in [-0.39, 0.29) is 11.8 Å². The summed E-state index contributed by atoms with van der Waals surface area (Å²) in [6.07, 6.45) is 7.18. The molecular formula is C27H41N3O4. The van der Waals surface area contributed by atoms with Crippen LogP contribution in [-0.2, 0) is 14.3 Å². The van der Waals surface area contributed by atoms with Gasteiger partial charge >= 0.3 is 6.09 Å². The van der Waals surface area contributed by atoms with Crippen molar-refractivity contribution in [3.63, 3.8) is 0 Å². The molecule has 0 saturated heterocycles. The van der Waals surface area contributed by atoms with Crippen LogP contribution in [0.4, 0.5) is 4.79 Å². The quantitative estimate of drug-likeness (QED) is 0.296. The third-order valence-electron chi connectivity index (χ3n) is 5.13. The number of ether oxygens (including phenoxy) is 1. The van der Waals surface area contributed by atoms with Crippen LogP contribution in [0.15, 0.2) is 18.2 Å². The van der Waals surface area contributed by atoms with E-state index in [1.165, 1.54) is 0 Å². The third-order valence-corrected chi connectivity index (χ3v) is 5.13. The number of nitrogens with one attached hydrogen (secondary N) is 2. The van der Waals surface area contributed by atoms with E-state index in [4.69, 9.17) is 11.2 Å². The van der Waals surface area contributed by atoms with Crippen molar-refractivity contribution in [3.05, 3.63) is 34.9 Å². The molecule has 1 aromatic carbocycles. The van der Waals surface area contributed by atoms with E-state index < -0.39 is 29.7 Å². The van der Waals surface area contributed by atoms with E-state index in [0.29, 0.717) is 18.5 Å². The molecule has 0 radical (unpaired) electrons. The molecule has 2 atom stereocenters. The van der Waals surface area contributed by atoms with Crippen LogP contribution in [0.1, 0.15) is 83.5 Å². The zero-order valence-corrected chi connectivity index (χ0v) is 22.0. The van der Waals surface area contributed by atoms with Gasteiger partial charge in [0.2, 0.25) is 5.91 Å². The highest BCUT2D eigenvalue weighted by Gasteiger charge is 2.36. The van der Waals surface area contributed by atoms with E-state index in [0.717, 1.165) is 28.9 Å². The van der Waals surface area contributed by atoms with E-state index in [1.54, 1.807) is 20.8 Å². The Morgan fingerprint density at radius 1 is 1.18 bits per heavy atom. The zero-order valence-electron chi connectivity index (χ0n) is 22.0. The van der Waals surface area contributed by atoms with E-state index in [1.807, 2.05) is 52.8 Å². The number of alkyl carbamates (subject to hydrolysis) is 1. The van der Waals surface area contributed by atoms with Gasteiger partial charge in [0, 0.05) is 12.6 Å². The van der Waals surface area contributed by atoms with Gasteiger partial charge < -0.3 is 15.4 Å². The number of amides is 3. The number of carbonyl (C=O) groups excluding carboxylic acids is 3. The largest absolute Gasteiger partial charge is 0.444 e. The second kappa shape index (κ2) is 13.0. The summed E-state index contributed by atoms with van der Waals surface area (Å²) in [6.45, 7) is 15.5. The fourth-order valence-electron chi connectivity index (χ4n) is 3.59. The second-order valence-electron chi connectivity index (χ2n) is 10.1. The fraction of sp³-hybridized carbons (Fsp3) is 0.593. The summed E-state index contributed by atoms with van der Waals surface area (Å²) in [5, 5.41) is 5.57. The first-order valence-electron chi connectivity index (χ1n) is 11.9. The van der Waals surface area contributed by atoms with Crippen molar-refractivity contribution in [2.75, 3.05) is 6.54 Å². The Kier molecular flexibility index (Phi) is 11.1.